The number of carbonyl (C=O) groups is 1. The largest absolute Gasteiger partial charge is 0.353 e. The number of nitrogens with two attached hydrogens (primary N) is 1. The fourth-order valence-electron chi connectivity index (χ4n) is 0.719. The quantitative estimate of drug-likeness (QED) is 0.387. The summed E-state index contributed by atoms with van der Waals surface area (Å²) < 4.78 is 10.1. The van der Waals surface area contributed by atoms with Crippen LogP contribution in [0.25, 0.3) is 0 Å². The summed E-state index contributed by atoms with van der Waals surface area (Å²) in [5, 5.41) is 0. The Balaban J connectivity index is 0. The van der Waals surface area contributed by atoms with Crippen LogP contribution in [0.4, 0.5) is 0 Å². The maximum absolute atomic E-state index is 9.51. The third-order valence-electron chi connectivity index (χ3n) is 1.33. The third kappa shape index (κ3) is 17.6. The van der Waals surface area contributed by atoms with E-state index in [-0.39, 0.29) is 6.29 Å². The molecule has 14 heavy (non-hydrogen) atoms. The van der Waals surface area contributed by atoms with Crippen molar-refractivity contribution in [3.8, 4) is 0 Å². The van der Waals surface area contributed by atoms with Crippen molar-refractivity contribution in [1.82, 2.24) is 0 Å². The Morgan fingerprint density at radius 3 is 2.00 bits per heavy atom. The van der Waals surface area contributed by atoms with Crippen LogP contribution in [-0.2, 0) is 14.3 Å². The Hall–Kier alpha value is -0.450. The zero-order chi connectivity index (χ0) is 11.2. The summed E-state index contributed by atoms with van der Waals surface area (Å²) in [6.07, 6.45) is 2.28. The van der Waals surface area contributed by atoms with Gasteiger partial charge in [-0.25, -0.2) is 0 Å². The van der Waals surface area contributed by atoms with Gasteiger partial charge in [-0.3, -0.25) is 0 Å². The lowest BCUT2D eigenvalue weighted by molar-refractivity contribution is -0.123. The fraction of sp³-hybridized carbons (Fsp3) is 0.900. The molecule has 0 aliphatic carbocycles. The summed E-state index contributed by atoms with van der Waals surface area (Å²) in [5.74, 6) is 0. The van der Waals surface area contributed by atoms with Crippen molar-refractivity contribution in [1.29, 1.82) is 0 Å². The van der Waals surface area contributed by atoms with Crippen molar-refractivity contribution in [2.24, 2.45) is 5.73 Å². The van der Waals surface area contributed by atoms with Crippen molar-refractivity contribution in [2.45, 2.75) is 39.9 Å². The van der Waals surface area contributed by atoms with E-state index in [2.05, 4.69) is 0 Å². The number of hydrogen-bond acceptors (Lipinski definition) is 4. The Labute approximate surface area is 86.8 Å². The van der Waals surface area contributed by atoms with Crippen LogP contribution in [0.3, 0.4) is 0 Å². The number of unbranched alkanes of at least 4 members (excludes halogenated alkanes) is 1. The first-order chi connectivity index (χ1) is 6.72. The molecule has 0 bridgehead atoms. The molecule has 0 radical (unpaired) electrons. The molecule has 2 N–H and O–H groups in total. The molecule has 0 spiro atoms. The Kier molecular flexibility index (Phi) is 17.2. The average Bonchev–Trinajstić information content (AvgIpc) is 2.16. The summed E-state index contributed by atoms with van der Waals surface area (Å²) in [4.78, 5) is 9.51. The smallest absolute Gasteiger partial charge is 0.154 e. The predicted octanol–water partition coefficient (Wildman–Crippen LogP) is 1.33. The average molecular weight is 205 g/mol. The van der Waals surface area contributed by atoms with Crippen LogP contribution in [0.5, 0.6) is 0 Å². The van der Waals surface area contributed by atoms with Gasteiger partial charge in [-0.1, -0.05) is 0 Å². The maximum atomic E-state index is 9.51. The molecule has 0 amide bonds. The third-order valence-corrected chi connectivity index (χ3v) is 1.33. The standard InChI is InChI=1S/C6H14O2.C4H9NO/c1-4-7-6(3)8-5-2;5-3-1-2-4-6/h6H,4-5H2,1-3H3;4H,1-3,5H2. The highest BCUT2D eigenvalue weighted by molar-refractivity contribution is 5.48. The van der Waals surface area contributed by atoms with E-state index in [1.54, 1.807) is 0 Å². The summed E-state index contributed by atoms with van der Waals surface area (Å²) in [7, 11) is 0. The molecular formula is C10H23NO3. The summed E-state index contributed by atoms with van der Waals surface area (Å²) in [5.41, 5.74) is 5.06. The lowest BCUT2D eigenvalue weighted by Crippen LogP contribution is -2.11. The minimum atomic E-state index is -0.0370. The molecule has 0 atom stereocenters. The van der Waals surface area contributed by atoms with E-state index in [9.17, 15) is 4.79 Å². The number of ether oxygens (including phenoxy) is 2. The molecule has 0 heterocycles. The number of aldehydes is 1. The highest BCUT2D eigenvalue weighted by Crippen LogP contribution is 1.90. The number of carbonyl (C=O) groups excluding carboxylic acids is 1. The SMILES string of the molecule is CCOC(C)OCC.NCCCC=O. The molecule has 0 fully saturated rings. The summed E-state index contributed by atoms with van der Waals surface area (Å²) in [6.45, 7) is 7.87. The van der Waals surface area contributed by atoms with Gasteiger partial charge in [0.15, 0.2) is 6.29 Å². The molecule has 0 aromatic carbocycles. The summed E-state index contributed by atoms with van der Waals surface area (Å²) in [6, 6.07) is 0. The first kappa shape index (κ1) is 16.0. The fourth-order valence-corrected chi connectivity index (χ4v) is 0.719. The Morgan fingerprint density at radius 2 is 1.79 bits per heavy atom. The Morgan fingerprint density at radius 1 is 1.29 bits per heavy atom. The van der Waals surface area contributed by atoms with Crippen LogP contribution in [0.15, 0.2) is 0 Å². The molecule has 4 nitrogen and oxygen atoms in total. The molecular weight excluding hydrogens is 182 g/mol. The first-order valence-electron chi connectivity index (χ1n) is 5.09. The van der Waals surface area contributed by atoms with Gasteiger partial charge in [-0.2, -0.15) is 0 Å². The second-order valence-electron chi connectivity index (χ2n) is 2.58. The first-order valence-corrected chi connectivity index (χ1v) is 5.09. The molecule has 86 valence electrons. The lowest BCUT2D eigenvalue weighted by Gasteiger charge is -2.09. The lowest BCUT2D eigenvalue weighted by atomic mass is 10.3. The van der Waals surface area contributed by atoms with Gasteiger partial charge in [0.05, 0.1) is 0 Å². The molecule has 0 aliphatic rings. The topological polar surface area (TPSA) is 61.6 Å². The van der Waals surface area contributed by atoms with E-state index in [0.29, 0.717) is 13.0 Å². The van der Waals surface area contributed by atoms with Gasteiger partial charge in [-0.15, -0.1) is 0 Å². The van der Waals surface area contributed by atoms with Gasteiger partial charge in [0.1, 0.15) is 6.29 Å². The van der Waals surface area contributed by atoms with Crippen molar-refractivity contribution in [3.05, 3.63) is 0 Å². The summed E-state index contributed by atoms with van der Waals surface area (Å²) >= 11 is 0. The molecule has 4 heteroatoms. The van der Waals surface area contributed by atoms with E-state index in [0.717, 1.165) is 25.9 Å². The molecule has 0 unspecified atom stereocenters. The molecule has 0 saturated carbocycles. The molecule has 0 saturated heterocycles. The Bertz CT molecular complexity index is 104. The van der Waals surface area contributed by atoms with Crippen LogP contribution < -0.4 is 5.73 Å². The molecule has 0 aliphatic heterocycles. The highest BCUT2D eigenvalue weighted by Gasteiger charge is 1.94. The van der Waals surface area contributed by atoms with Crippen LogP contribution in [-0.4, -0.2) is 32.3 Å². The van der Waals surface area contributed by atoms with Crippen molar-refractivity contribution < 1.29 is 14.3 Å². The van der Waals surface area contributed by atoms with E-state index >= 15 is 0 Å². The van der Waals surface area contributed by atoms with Crippen molar-refractivity contribution in [3.63, 3.8) is 0 Å². The van der Waals surface area contributed by atoms with Gasteiger partial charge >= 0.3 is 0 Å². The van der Waals surface area contributed by atoms with E-state index in [1.165, 1.54) is 0 Å². The maximum Gasteiger partial charge on any atom is 0.154 e. The molecule has 0 rings (SSSR count). The van der Waals surface area contributed by atoms with Crippen LogP contribution in [0.2, 0.25) is 0 Å². The van der Waals surface area contributed by atoms with Crippen LogP contribution >= 0.6 is 0 Å². The second-order valence-corrected chi connectivity index (χ2v) is 2.58. The van der Waals surface area contributed by atoms with Crippen molar-refractivity contribution >= 4 is 6.29 Å². The minimum absolute atomic E-state index is 0.0370. The van der Waals surface area contributed by atoms with E-state index in [1.807, 2.05) is 20.8 Å². The molecule has 0 aromatic rings. The van der Waals surface area contributed by atoms with Crippen LogP contribution in [0, 0.1) is 0 Å². The van der Waals surface area contributed by atoms with E-state index < -0.39 is 0 Å². The van der Waals surface area contributed by atoms with Gasteiger partial charge in [0.25, 0.3) is 0 Å². The van der Waals surface area contributed by atoms with Crippen LogP contribution in [0.1, 0.15) is 33.6 Å². The van der Waals surface area contributed by atoms with Gasteiger partial charge in [0.2, 0.25) is 0 Å². The monoisotopic (exact) mass is 205 g/mol. The molecule has 0 aromatic heterocycles. The number of rotatable bonds is 7. The number of hydrogen-bond donors (Lipinski definition) is 1. The normalized spacial score (nSPS) is 9.50. The predicted molar refractivity (Wildman–Crippen MR) is 57.1 cm³/mol. The zero-order valence-electron chi connectivity index (χ0n) is 9.49. The van der Waals surface area contributed by atoms with Gasteiger partial charge < -0.3 is 20.0 Å². The van der Waals surface area contributed by atoms with Gasteiger partial charge in [0, 0.05) is 19.6 Å². The zero-order valence-corrected chi connectivity index (χ0v) is 9.49. The van der Waals surface area contributed by atoms with Gasteiger partial charge in [-0.05, 0) is 33.7 Å². The highest BCUT2D eigenvalue weighted by atomic mass is 16.7. The minimum Gasteiger partial charge on any atom is -0.353 e. The second kappa shape index (κ2) is 15.0. The van der Waals surface area contributed by atoms with Crippen molar-refractivity contribution in [2.75, 3.05) is 19.8 Å². The van der Waals surface area contributed by atoms with E-state index in [4.69, 9.17) is 15.2 Å².